The lowest BCUT2D eigenvalue weighted by Gasteiger charge is -2.12. The maximum Gasteiger partial charge on any atom is 0.258 e. The maximum atomic E-state index is 12.1. The number of aromatic nitrogens is 2. The SMILES string of the molecule is CCOc1cc(/C=C(\C#N)c2nc3cc(C)c(C)cc3[nH]2)ccc1OCC(=O)NCc1ccco1. The van der Waals surface area contributed by atoms with Crippen molar-refractivity contribution in [2.24, 2.45) is 0 Å². The summed E-state index contributed by atoms with van der Waals surface area (Å²) in [6.07, 6.45) is 3.29. The molecule has 2 aromatic heterocycles. The summed E-state index contributed by atoms with van der Waals surface area (Å²) >= 11 is 0. The monoisotopic (exact) mass is 470 g/mol. The first kappa shape index (κ1) is 23.6. The molecule has 0 unspecified atom stereocenters. The highest BCUT2D eigenvalue weighted by Gasteiger charge is 2.12. The largest absolute Gasteiger partial charge is 0.490 e. The molecule has 2 heterocycles. The molecule has 0 saturated heterocycles. The predicted octanol–water partition coefficient (Wildman–Crippen LogP) is 4.93. The smallest absolute Gasteiger partial charge is 0.258 e. The molecule has 0 spiro atoms. The standard InChI is InChI=1S/C27H26N4O4/c1-4-33-25-13-19(7-8-24(25)35-16-26(32)29-15-21-6-5-9-34-21)12-20(14-28)27-30-22-10-17(2)18(3)11-23(22)31-27/h5-13H,4,15-16H2,1-3H3,(H,29,32)(H,30,31)/b20-12+. The summed E-state index contributed by atoms with van der Waals surface area (Å²) < 4.78 is 16.6. The number of nitrogens with zero attached hydrogens (tertiary/aromatic N) is 2. The molecule has 178 valence electrons. The van der Waals surface area contributed by atoms with Crippen molar-refractivity contribution in [3.8, 4) is 17.6 Å². The summed E-state index contributed by atoms with van der Waals surface area (Å²) in [6, 6.07) is 15.1. The van der Waals surface area contributed by atoms with E-state index in [1.807, 2.05) is 32.9 Å². The van der Waals surface area contributed by atoms with Gasteiger partial charge in [0.05, 0.1) is 36.0 Å². The number of nitriles is 1. The van der Waals surface area contributed by atoms with Gasteiger partial charge in [-0.3, -0.25) is 4.79 Å². The van der Waals surface area contributed by atoms with Crippen LogP contribution in [0.1, 0.15) is 35.2 Å². The topological polar surface area (TPSA) is 113 Å². The van der Waals surface area contributed by atoms with Gasteiger partial charge in [0.25, 0.3) is 5.91 Å². The van der Waals surface area contributed by atoms with Crippen molar-refractivity contribution in [2.45, 2.75) is 27.3 Å². The second-order valence-corrected chi connectivity index (χ2v) is 7.99. The molecule has 4 aromatic rings. The van der Waals surface area contributed by atoms with Crippen LogP contribution in [0.5, 0.6) is 11.5 Å². The van der Waals surface area contributed by atoms with Crippen molar-refractivity contribution in [2.75, 3.05) is 13.2 Å². The number of hydrogen-bond acceptors (Lipinski definition) is 6. The van der Waals surface area contributed by atoms with Crippen molar-refractivity contribution < 1.29 is 18.7 Å². The Balaban J connectivity index is 1.51. The third-order valence-corrected chi connectivity index (χ3v) is 5.45. The lowest BCUT2D eigenvalue weighted by molar-refractivity contribution is -0.123. The molecule has 0 aliphatic heterocycles. The van der Waals surface area contributed by atoms with Crippen LogP contribution < -0.4 is 14.8 Å². The van der Waals surface area contributed by atoms with E-state index in [1.54, 1.807) is 42.7 Å². The lowest BCUT2D eigenvalue weighted by Crippen LogP contribution is -2.28. The molecule has 0 aliphatic rings. The molecule has 2 aromatic carbocycles. The number of furan rings is 1. The summed E-state index contributed by atoms with van der Waals surface area (Å²) in [5.41, 5.74) is 5.13. The van der Waals surface area contributed by atoms with Crippen molar-refractivity contribution >= 4 is 28.6 Å². The third-order valence-electron chi connectivity index (χ3n) is 5.45. The highest BCUT2D eigenvalue weighted by molar-refractivity contribution is 5.90. The minimum atomic E-state index is -0.282. The number of nitrogens with one attached hydrogen (secondary N) is 2. The number of imidazole rings is 1. The zero-order valence-electron chi connectivity index (χ0n) is 19.8. The minimum absolute atomic E-state index is 0.169. The zero-order valence-corrected chi connectivity index (χ0v) is 19.8. The average Bonchev–Trinajstić information content (AvgIpc) is 3.51. The normalized spacial score (nSPS) is 11.3. The van der Waals surface area contributed by atoms with Crippen LogP contribution in [0.2, 0.25) is 0 Å². The quantitative estimate of drug-likeness (QED) is 0.335. The number of fused-ring (bicyclic) bond motifs is 1. The second kappa shape index (κ2) is 10.6. The predicted molar refractivity (Wildman–Crippen MR) is 133 cm³/mol. The number of carbonyl (C=O) groups excluding carboxylic acids is 1. The number of allylic oxidation sites excluding steroid dienone is 1. The number of amides is 1. The molecule has 1 amide bonds. The van der Waals surface area contributed by atoms with E-state index in [4.69, 9.17) is 13.9 Å². The molecule has 35 heavy (non-hydrogen) atoms. The molecule has 0 fully saturated rings. The number of H-pyrrole nitrogens is 1. The highest BCUT2D eigenvalue weighted by Crippen LogP contribution is 2.30. The Hall–Kier alpha value is -4.51. The van der Waals surface area contributed by atoms with E-state index in [-0.39, 0.29) is 19.1 Å². The Morgan fingerprint density at radius 1 is 1.17 bits per heavy atom. The Kier molecular flexibility index (Phi) is 7.17. The van der Waals surface area contributed by atoms with Crippen molar-refractivity contribution in [1.29, 1.82) is 5.26 Å². The average molecular weight is 471 g/mol. The van der Waals surface area contributed by atoms with Crippen LogP contribution in [0.4, 0.5) is 0 Å². The van der Waals surface area contributed by atoms with E-state index in [0.29, 0.717) is 35.3 Å². The number of hydrogen-bond donors (Lipinski definition) is 2. The first-order valence-electron chi connectivity index (χ1n) is 11.2. The number of rotatable bonds is 9. The summed E-state index contributed by atoms with van der Waals surface area (Å²) in [4.78, 5) is 20.0. The van der Waals surface area contributed by atoms with Gasteiger partial charge in [-0.1, -0.05) is 6.07 Å². The first-order valence-corrected chi connectivity index (χ1v) is 11.2. The van der Waals surface area contributed by atoms with E-state index < -0.39 is 0 Å². The molecular formula is C27H26N4O4. The summed E-state index contributed by atoms with van der Waals surface area (Å²) in [5.74, 6) is 1.79. The van der Waals surface area contributed by atoms with Gasteiger partial charge in [0.2, 0.25) is 0 Å². The van der Waals surface area contributed by atoms with Crippen molar-refractivity contribution in [3.63, 3.8) is 0 Å². The second-order valence-electron chi connectivity index (χ2n) is 7.99. The number of ether oxygens (including phenoxy) is 2. The van der Waals surface area contributed by atoms with Gasteiger partial charge in [0.15, 0.2) is 18.1 Å². The van der Waals surface area contributed by atoms with E-state index in [0.717, 1.165) is 27.7 Å². The van der Waals surface area contributed by atoms with Gasteiger partial charge in [-0.2, -0.15) is 5.26 Å². The van der Waals surface area contributed by atoms with Crippen molar-refractivity contribution in [1.82, 2.24) is 15.3 Å². The molecule has 0 bridgehead atoms. The summed E-state index contributed by atoms with van der Waals surface area (Å²) in [5, 5.41) is 12.5. The molecule has 0 aliphatic carbocycles. The highest BCUT2D eigenvalue weighted by atomic mass is 16.5. The molecule has 0 saturated carbocycles. The van der Waals surface area contributed by atoms with Crippen LogP contribution in [-0.2, 0) is 11.3 Å². The van der Waals surface area contributed by atoms with Gasteiger partial charge < -0.3 is 24.2 Å². The molecule has 8 nitrogen and oxygen atoms in total. The fourth-order valence-corrected chi connectivity index (χ4v) is 3.51. The van der Waals surface area contributed by atoms with E-state index in [9.17, 15) is 10.1 Å². The maximum absolute atomic E-state index is 12.1. The van der Waals surface area contributed by atoms with E-state index >= 15 is 0 Å². The number of benzene rings is 2. The van der Waals surface area contributed by atoms with Crippen LogP contribution in [0.15, 0.2) is 53.1 Å². The van der Waals surface area contributed by atoms with Gasteiger partial charge in [-0.25, -0.2) is 4.98 Å². The van der Waals surface area contributed by atoms with Crippen molar-refractivity contribution in [3.05, 3.63) is 77.0 Å². The minimum Gasteiger partial charge on any atom is -0.490 e. The van der Waals surface area contributed by atoms with Crippen LogP contribution in [-0.4, -0.2) is 29.1 Å². The molecule has 2 N–H and O–H groups in total. The number of aryl methyl sites for hydroxylation is 2. The summed E-state index contributed by atoms with van der Waals surface area (Å²) in [7, 11) is 0. The third kappa shape index (κ3) is 5.71. The van der Waals surface area contributed by atoms with E-state index in [2.05, 4.69) is 21.4 Å². The molecule has 8 heteroatoms. The van der Waals surface area contributed by atoms with Crippen LogP contribution in [0.3, 0.4) is 0 Å². The number of aromatic amines is 1. The van der Waals surface area contributed by atoms with Crippen LogP contribution >= 0.6 is 0 Å². The molecule has 4 rings (SSSR count). The van der Waals surface area contributed by atoms with Gasteiger partial charge >= 0.3 is 0 Å². The lowest BCUT2D eigenvalue weighted by atomic mass is 10.1. The number of carbonyl (C=O) groups is 1. The molecular weight excluding hydrogens is 444 g/mol. The fraction of sp³-hybridized carbons (Fsp3) is 0.222. The Morgan fingerprint density at radius 3 is 2.74 bits per heavy atom. The Labute approximate surface area is 203 Å². The Morgan fingerprint density at radius 2 is 2.00 bits per heavy atom. The summed E-state index contributed by atoms with van der Waals surface area (Å²) in [6.45, 7) is 6.47. The van der Waals surface area contributed by atoms with Gasteiger partial charge in [0.1, 0.15) is 17.7 Å². The van der Waals surface area contributed by atoms with Gasteiger partial charge in [-0.15, -0.1) is 0 Å². The molecule has 0 atom stereocenters. The zero-order chi connectivity index (χ0) is 24.8. The van der Waals surface area contributed by atoms with Gasteiger partial charge in [-0.05, 0) is 79.9 Å². The first-order chi connectivity index (χ1) is 17.0. The van der Waals surface area contributed by atoms with Crippen LogP contribution in [0, 0.1) is 25.2 Å². The van der Waals surface area contributed by atoms with Crippen LogP contribution in [0.25, 0.3) is 22.7 Å². The fourth-order valence-electron chi connectivity index (χ4n) is 3.51. The molecule has 0 radical (unpaired) electrons. The van der Waals surface area contributed by atoms with E-state index in [1.165, 1.54) is 0 Å². The Bertz CT molecular complexity index is 1370. The van der Waals surface area contributed by atoms with Gasteiger partial charge in [0, 0.05) is 0 Å².